The Balaban J connectivity index is 2.31. The van der Waals surface area contributed by atoms with Crippen LogP contribution in [0.3, 0.4) is 0 Å². The van der Waals surface area contributed by atoms with Gasteiger partial charge in [-0.25, -0.2) is 0 Å². The molecule has 0 atom stereocenters. The maximum Gasteiger partial charge on any atom is 0.0230 e. The van der Waals surface area contributed by atoms with E-state index >= 15 is 0 Å². The fraction of sp³-hybridized carbons (Fsp3) is 0.647. The zero-order chi connectivity index (χ0) is 14.1. The Morgan fingerprint density at radius 2 is 1.68 bits per heavy atom. The predicted octanol–water partition coefficient (Wildman–Crippen LogP) is 3.32. The SMILES string of the molecule is CNCCCCN(C)Cc1ccc(CC(C)C)cc1. The fourth-order valence-corrected chi connectivity index (χ4v) is 2.33. The number of hydrogen-bond donors (Lipinski definition) is 1. The van der Waals surface area contributed by atoms with E-state index in [-0.39, 0.29) is 0 Å². The molecule has 1 aromatic carbocycles. The van der Waals surface area contributed by atoms with Crippen molar-refractivity contribution in [1.29, 1.82) is 0 Å². The van der Waals surface area contributed by atoms with Gasteiger partial charge in [-0.05, 0) is 63.5 Å². The molecule has 0 spiro atoms. The van der Waals surface area contributed by atoms with E-state index in [1.807, 2.05) is 7.05 Å². The van der Waals surface area contributed by atoms with E-state index in [9.17, 15) is 0 Å². The Labute approximate surface area is 119 Å². The van der Waals surface area contributed by atoms with Crippen molar-refractivity contribution in [3.8, 4) is 0 Å². The monoisotopic (exact) mass is 262 g/mol. The molecule has 19 heavy (non-hydrogen) atoms. The van der Waals surface area contributed by atoms with Gasteiger partial charge >= 0.3 is 0 Å². The highest BCUT2D eigenvalue weighted by Gasteiger charge is 2.02. The molecule has 0 aliphatic carbocycles. The summed E-state index contributed by atoms with van der Waals surface area (Å²) in [5, 5.41) is 3.19. The minimum absolute atomic E-state index is 0.737. The zero-order valence-electron chi connectivity index (χ0n) is 13.1. The lowest BCUT2D eigenvalue weighted by molar-refractivity contribution is 0.318. The van der Waals surface area contributed by atoms with Gasteiger partial charge in [0.25, 0.3) is 0 Å². The quantitative estimate of drug-likeness (QED) is 0.687. The van der Waals surface area contributed by atoms with Crippen LogP contribution in [0.25, 0.3) is 0 Å². The van der Waals surface area contributed by atoms with Crippen LogP contribution in [-0.4, -0.2) is 32.1 Å². The van der Waals surface area contributed by atoms with Crippen LogP contribution < -0.4 is 5.32 Å². The standard InChI is InChI=1S/C17H30N2/c1-15(2)13-16-7-9-17(10-8-16)14-19(4)12-6-5-11-18-3/h7-10,15,18H,5-6,11-14H2,1-4H3. The van der Waals surface area contributed by atoms with Crippen molar-refractivity contribution in [2.24, 2.45) is 5.92 Å². The summed E-state index contributed by atoms with van der Waals surface area (Å²) in [5.74, 6) is 0.737. The summed E-state index contributed by atoms with van der Waals surface area (Å²) in [6, 6.07) is 9.12. The molecule has 0 heterocycles. The highest BCUT2D eigenvalue weighted by molar-refractivity contribution is 5.22. The molecule has 0 radical (unpaired) electrons. The molecule has 0 amide bonds. The summed E-state index contributed by atoms with van der Waals surface area (Å²) in [7, 11) is 4.23. The van der Waals surface area contributed by atoms with Crippen molar-refractivity contribution >= 4 is 0 Å². The summed E-state index contributed by atoms with van der Waals surface area (Å²) >= 11 is 0. The van der Waals surface area contributed by atoms with E-state index in [1.165, 1.54) is 36.9 Å². The number of nitrogens with one attached hydrogen (secondary N) is 1. The molecule has 108 valence electrons. The van der Waals surface area contributed by atoms with Gasteiger partial charge in [-0.3, -0.25) is 0 Å². The maximum absolute atomic E-state index is 3.19. The molecular formula is C17H30N2. The van der Waals surface area contributed by atoms with Gasteiger partial charge in [0.2, 0.25) is 0 Å². The number of unbranched alkanes of at least 4 members (excludes halogenated alkanes) is 1. The summed E-state index contributed by atoms with van der Waals surface area (Å²) in [6.07, 6.45) is 3.71. The van der Waals surface area contributed by atoms with Crippen LogP contribution in [0, 0.1) is 5.92 Å². The van der Waals surface area contributed by atoms with E-state index < -0.39 is 0 Å². The third-order valence-corrected chi connectivity index (χ3v) is 3.34. The third-order valence-electron chi connectivity index (χ3n) is 3.34. The van der Waals surface area contributed by atoms with E-state index in [0.717, 1.165) is 19.0 Å². The summed E-state index contributed by atoms with van der Waals surface area (Å²) in [5.41, 5.74) is 2.87. The van der Waals surface area contributed by atoms with Gasteiger partial charge in [-0.2, -0.15) is 0 Å². The van der Waals surface area contributed by atoms with Gasteiger partial charge in [-0.15, -0.1) is 0 Å². The van der Waals surface area contributed by atoms with Crippen molar-refractivity contribution in [3.63, 3.8) is 0 Å². The van der Waals surface area contributed by atoms with Gasteiger partial charge in [-0.1, -0.05) is 38.1 Å². The molecule has 0 aromatic heterocycles. The number of rotatable bonds is 9. The van der Waals surface area contributed by atoms with Crippen LogP contribution in [0.1, 0.15) is 37.8 Å². The molecule has 0 bridgehead atoms. The highest BCUT2D eigenvalue weighted by atomic mass is 15.1. The average Bonchev–Trinajstić information content (AvgIpc) is 2.36. The Morgan fingerprint density at radius 3 is 2.26 bits per heavy atom. The molecule has 1 aromatic rings. The van der Waals surface area contributed by atoms with Gasteiger partial charge in [0.15, 0.2) is 0 Å². The summed E-state index contributed by atoms with van der Waals surface area (Å²) in [4.78, 5) is 2.41. The summed E-state index contributed by atoms with van der Waals surface area (Å²) < 4.78 is 0. The van der Waals surface area contributed by atoms with Gasteiger partial charge in [0.05, 0.1) is 0 Å². The molecule has 1 N–H and O–H groups in total. The first-order chi connectivity index (χ1) is 9.11. The van der Waals surface area contributed by atoms with E-state index in [2.05, 4.69) is 55.4 Å². The molecule has 0 fully saturated rings. The second-order valence-electron chi connectivity index (χ2n) is 5.96. The van der Waals surface area contributed by atoms with Crippen molar-refractivity contribution < 1.29 is 0 Å². The van der Waals surface area contributed by atoms with E-state index in [0.29, 0.717) is 0 Å². The lowest BCUT2D eigenvalue weighted by Gasteiger charge is -2.17. The van der Waals surface area contributed by atoms with E-state index in [4.69, 9.17) is 0 Å². The van der Waals surface area contributed by atoms with Crippen LogP contribution in [0.2, 0.25) is 0 Å². The molecule has 0 aliphatic rings. The van der Waals surface area contributed by atoms with Crippen LogP contribution >= 0.6 is 0 Å². The molecule has 2 heteroatoms. The molecule has 0 saturated carbocycles. The minimum atomic E-state index is 0.737. The Hall–Kier alpha value is -0.860. The lowest BCUT2D eigenvalue weighted by Crippen LogP contribution is -2.20. The second kappa shape index (κ2) is 9.11. The average molecular weight is 262 g/mol. The lowest BCUT2D eigenvalue weighted by atomic mass is 10.0. The fourth-order valence-electron chi connectivity index (χ4n) is 2.33. The first-order valence-electron chi connectivity index (χ1n) is 7.52. The first-order valence-corrected chi connectivity index (χ1v) is 7.52. The Morgan fingerprint density at radius 1 is 1.05 bits per heavy atom. The topological polar surface area (TPSA) is 15.3 Å². The van der Waals surface area contributed by atoms with Crippen LogP contribution in [0.5, 0.6) is 0 Å². The largest absolute Gasteiger partial charge is 0.320 e. The second-order valence-corrected chi connectivity index (χ2v) is 5.96. The van der Waals surface area contributed by atoms with Gasteiger partial charge in [0.1, 0.15) is 0 Å². The smallest absolute Gasteiger partial charge is 0.0230 e. The molecule has 0 unspecified atom stereocenters. The highest BCUT2D eigenvalue weighted by Crippen LogP contribution is 2.11. The Kier molecular flexibility index (Phi) is 7.76. The normalized spacial score (nSPS) is 11.5. The predicted molar refractivity (Wildman–Crippen MR) is 84.5 cm³/mol. The Bertz CT molecular complexity index is 330. The number of nitrogens with zero attached hydrogens (tertiary/aromatic N) is 1. The molecule has 0 saturated heterocycles. The maximum atomic E-state index is 3.19. The van der Waals surface area contributed by atoms with Crippen LogP contribution in [0.15, 0.2) is 24.3 Å². The van der Waals surface area contributed by atoms with Gasteiger partial charge < -0.3 is 10.2 Å². The third kappa shape index (κ3) is 7.34. The zero-order valence-corrected chi connectivity index (χ0v) is 13.1. The molecule has 1 rings (SSSR count). The number of hydrogen-bond acceptors (Lipinski definition) is 2. The molecular weight excluding hydrogens is 232 g/mol. The first kappa shape index (κ1) is 16.2. The van der Waals surface area contributed by atoms with Crippen molar-refractivity contribution in [2.75, 3.05) is 27.2 Å². The molecule has 2 nitrogen and oxygen atoms in total. The molecule has 0 aliphatic heterocycles. The number of benzene rings is 1. The van der Waals surface area contributed by atoms with Gasteiger partial charge in [0, 0.05) is 6.54 Å². The minimum Gasteiger partial charge on any atom is -0.320 e. The van der Waals surface area contributed by atoms with Crippen LogP contribution in [0.4, 0.5) is 0 Å². The van der Waals surface area contributed by atoms with Crippen LogP contribution in [-0.2, 0) is 13.0 Å². The van der Waals surface area contributed by atoms with Crippen molar-refractivity contribution in [3.05, 3.63) is 35.4 Å². The van der Waals surface area contributed by atoms with Crippen molar-refractivity contribution in [1.82, 2.24) is 10.2 Å². The summed E-state index contributed by atoms with van der Waals surface area (Å²) in [6.45, 7) is 7.90. The van der Waals surface area contributed by atoms with E-state index in [1.54, 1.807) is 0 Å². The van der Waals surface area contributed by atoms with Crippen molar-refractivity contribution in [2.45, 2.75) is 39.7 Å².